The summed E-state index contributed by atoms with van der Waals surface area (Å²) in [5.74, 6) is 0.553. The van der Waals surface area contributed by atoms with E-state index in [1.165, 1.54) is 5.56 Å². The van der Waals surface area contributed by atoms with Crippen LogP contribution < -0.4 is 11.1 Å². The average molecular weight is 218 g/mol. The van der Waals surface area contributed by atoms with Gasteiger partial charge in [-0.1, -0.05) is 22.8 Å². The second-order valence-electron chi connectivity index (χ2n) is 3.53. The summed E-state index contributed by atoms with van der Waals surface area (Å²) >= 11 is 0. The van der Waals surface area contributed by atoms with Gasteiger partial charge in [0, 0.05) is 18.7 Å². The van der Waals surface area contributed by atoms with E-state index in [2.05, 4.69) is 15.5 Å². The van der Waals surface area contributed by atoms with E-state index in [1.807, 2.05) is 31.2 Å². The Labute approximate surface area is 93.7 Å². The Morgan fingerprint density at radius 3 is 2.69 bits per heavy atom. The first kappa shape index (κ1) is 10.6. The zero-order chi connectivity index (χ0) is 11.4. The van der Waals surface area contributed by atoms with E-state index in [0.717, 1.165) is 5.69 Å². The minimum atomic E-state index is 0.396. The van der Waals surface area contributed by atoms with E-state index in [-0.39, 0.29) is 0 Å². The molecule has 1 aromatic heterocycles. The van der Waals surface area contributed by atoms with Gasteiger partial charge in [0.1, 0.15) is 0 Å². The van der Waals surface area contributed by atoms with Crippen molar-refractivity contribution in [1.82, 2.24) is 10.2 Å². The maximum atomic E-state index is 5.39. The number of nitrogens with zero attached hydrogens (tertiary/aromatic N) is 2. The average Bonchev–Trinajstić information content (AvgIpc) is 2.70. The first-order chi connectivity index (χ1) is 7.78. The van der Waals surface area contributed by atoms with Crippen molar-refractivity contribution < 1.29 is 4.42 Å². The number of anilines is 2. The van der Waals surface area contributed by atoms with Crippen molar-refractivity contribution in [2.75, 3.05) is 11.9 Å². The summed E-state index contributed by atoms with van der Waals surface area (Å²) in [6.07, 6.45) is 0.600. The Hall–Kier alpha value is -1.88. The van der Waals surface area contributed by atoms with Crippen LogP contribution in [0.1, 0.15) is 11.5 Å². The summed E-state index contributed by atoms with van der Waals surface area (Å²) in [6.45, 7) is 2.54. The molecule has 2 aromatic rings. The Bertz CT molecular complexity index is 449. The molecule has 5 nitrogen and oxygen atoms in total. The molecule has 2 rings (SSSR count). The van der Waals surface area contributed by atoms with Gasteiger partial charge in [-0.2, -0.15) is 0 Å². The molecule has 0 amide bonds. The highest BCUT2D eigenvalue weighted by molar-refractivity contribution is 5.52. The van der Waals surface area contributed by atoms with Crippen LogP contribution in [0.4, 0.5) is 11.7 Å². The highest BCUT2D eigenvalue weighted by atomic mass is 16.4. The number of hydrogen-bond acceptors (Lipinski definition) is 5. The van der Waals surface area contributed by atoms with Crippen molar-refractivity contribution in [3.8, 4) is 0 Å². The summed E-state index contributed by atoms with van der Waals surface area (Å²) in [6, 6.07) is 8.34. The van der Waals surface area contributed by atoms with Gasteiger partial charge >= 0.3 is 6.01 Å². The standard InChI is InChI=1S/C11H14N4O/c1-8-2-4-9(5-3-8)13-11-15-14-10(16-11)6-7-12/h2-5H,6-7,12H2,1H3,(H,13,15). The Morgan fingerprint density at radius 1 is 1.25 bits per heavy atom. The number of aromatic nitrogens is 2. The Morgan fingerprint density at radius 2 is 2.00 bits per heavy atom. The summed E-state index contributed by atoms with van der Waals surface area (Å²) < 4.78 is 5.34. The summed E-state index contributed by atoms with van der Waals surface area (Å²) in [4.78, 5) is 0. The van der Waals surface area contributed by atoms with Gasteiger partial charge in [-0.3, -0.25) is 0 Å². The molecule has 16 heavy (non-hydrogen) atoms. The molecule has 0 spiro atoms. The molecule has 0 atom stereocenters. The molecular weight excluding hydrogens is 204 g/mol. The van der Waals surface area contributed by atoms with Crippen LogP contribution in [-0.2, 0) is 6.42 Å². The molecule has 1 aromatic carbocycles. The van der Waals surface area contributed by atoms with E-state index in [4.69, 9.17) is 10.2 Å². The molecular formula is C11H14N4O. The maximum Gasteiger partial charge on any atom is 0.320 e. The summed E-state index contributed by atoms with van der Waals surface area (Å²) in [5.41, 5.74) is 7.52. The second-order valence-corrected chi connectivity index (χ2v) is 3.53. The van der Waals surface area contributed by atoms with E-state index in [0.29, 0.717) is 24.9 Å². The lowest BCUT2D eigenvalue weighted by Gasteiger charge is -2.00. The fourth-order valence-corrected chi connectivity index (χ4v) is 1.29. The molecule has 3 N–H and O–H groups in total. The molecule has 0 aliphatic heterocycles. The van der Waals surface area contributed by atoms with Gasteiger partial charge in [0.2, 0.25) is 5.89 Å². The van der Waals surface area contributed by atoms with Gasteiger partial charge in [-0.25, -0.2) is 0 Å². The smallest absolute Gasteiger partial charge is 0.320 e. The molecule has 0 saturated heterocycles. The van der Waals surface area contributed by atoms with Gasteiger partial charge in [-0.15, -0.1) is 5.10 Å². The van der Waals surface area contributed by atoms with E-state index < -0.39 is 0 Å². The fourth-order valence-electron chi connectivity index (χ4n) is 1.29. The number of nitrogens with one attached hydrogen (secondary N) is 1. The lowest BCUT2D eigenvalue weighted by molar-refractivity contribution is 0.510. The molecule has 0 aliphatic carbocycles. The molecule has 0 saturated carbocycles. The monoisotopic (exact) mass is 218 g/mol. The third-order valence-corrected chi connectivity index (χ3v) is 2.13. The quantitative estimate of drug-likeness (QED) is 0.815. The highest BCUT2D eigenvalue weighted by Crippen LogP contribution is 2.15. The van der Waals surface area contributed by atoms with Crippen LogP contribution >= 0.6 is 0 Å². The third kappa shape index (κ3) is 2.58. The van der Waals surface area contributed by atoms with Crippen LogP contribution in [0.3, 0.4) is 0 Å². The summed E-state index contributed by atoms with van der Waals surface area (Å²) in [5, 5.41) is 10.8. The molecule has 0 unspecified atom stereocenters. The van der Waals surface area contributed by atoms with Crippen molar-refractivity contribution >= 4 is 11.7 Å². The van der Waals surface area contributed by atoms with Crippen molar-refractivity contribution in [3.63, 3.8) is 0 Å². The summed E-state index contributed by atoms with van der Waals surface area (Å²) in [7, 11) is 0. The predicted octanol–water partition coefficient (Wildman–Crippen LogP) is 1.62. The SMILES string of the molecule is Cc1ccc(Nc2nnc(CCN)o2)cc1. The molecule has 84 valence electrons. The largest absolute Gasteiger partial charge is 0.408 e. The first-order valence-corrected chi connectivity index (χ1v) is 5.14. The van der Waals surface area contributed by atoms with Crippen LogP contribution in [0.25, 0.3) is 0 Å². The van der Waals surface area contributed by atoms with Crippen molar-refractivity contribution in [3.05, 3.63) is 35.7 Å². The predicted molar refractivity (Wildman–Crippen MR) is 61.5 cm³/mol. The van der Waals surface area contributed by atoms with Gasteiger partial charge < -0.3 is 15.5 Å². The first-order valence-electron chi connectivity index (χ1n) is 5.14. The van der Waals surface area contributed by atoms with Gasteiger partial charge in [-0.05, 0) is 19.1 Å². The normalized spacial score (nSPS) is 10.4. The molecule has 1 heterocycles. The van der Waals surface area contributed by atoms with Gasteiger partial charge in [0.05, 0.1) is 0 Å². The van der Waals surface area contributed by atoms with Crippen LogP contribution in [0.5, 0.6) is 0 Å². The molecule has 0 fully saturated rings. The molecule has 0 bridgehead atoms. The van der Waals surface area contributed by atoms with Crippen LogP contribution in [0, 0.1) is 6.92 Å². The van der Waals surface area contributed by atoms with E-state index >= 15 is 0 Å². The maximum absolute atomic E-state index is 5.39. The lowest BCUT2D eigenvalue weighted by Crippen LogP contribution is -2.02. The van der Waals surface area contributed by atoms with Crippen molar-refractivity contribution in [2.45, 2.75) is 13.3 Å². The molecule has 0 aliphatic rings. The third-order valence-electron chi connectivity index (χ3n) is 2.13. The zero-order valence-corrected chi connectivity index (χ0v) is 9.10. The van der Waals surface area contributed by atoms with Gasteiger partial charge in [0.15, 0.2) is 0 Å². The van der Waals surface area contributed by atoms with Crippen LogP contribution in [0.2, 0.25) is 0 Å². The van der Waals surface area contributed by atoms with Crippen LogP contribution in [0.15, 0.2) is 28.7 Å². The van der Waals surface area contributed by atoms with Crippen molar-refractivity contribution in [2.24, 2.45) is 5.73 Å². The van der Waals surface area contributed by atoms with E-state index in [1.54, 1.807) is 0 Å². The number of hydrogen-bond donors (Lipinski definition) is 2. The van der Waals surface area contributed by atoms with Crippen LogP contribution in [-0.4, -0.2) is 16.7 Å². The Balaban J connectivity index is 2.05. The number of aryl methyl sites for hydroxylation is 1. The minimum Gasteiger partial charge on any atom is -0.408 e. The minimum absolute atomic E-state index is 0.396. The number of rotatable bonds is 4. The van der Waals surface area contributed by atoms with Gasteiger partial charge in [0.25, 0.3) is 0 Å². The highest BCUT2D eigenvalue weighted by Gasteiger charge is 2.04. The molecule has 5 heteroatoms. The number of benzene rings is 1. The fraction of sp³-hybridized carbons (Fsp3) is 0.273. The number of nitrogens with two attached hydrogens (primary N) is 1. The van der Waals surface area contributed by atoms with E-state index in [9.17, 15) is 0 Å². The molecule has 0 radical (unpaired) electrons. The Kier molecular flexibility index (Phi) is 3.16. The second kappa shape index (κ2) is 4.76. The van der Waals surface area contributed by atoms with Crippen molar-refractivity contribution in [1.29, 1.82) is 0 Å². The zero-order valence-electron chi connectivity index (χ0n) is 9.10. The lowest BCUT2D eigenvalue weighted by atomic mass is 10.2. The topological polar surface area (TPSA) is 77.0 Å².